The van der Waals surface area contributed by atoms with Crippen LogP contribution in [-0.2, 0) is 0 Å². The summed E-state index contributed by atoms with van der Waals surface area (Å²) in [5.74, 6) is 0.355. The van der Waals surface area contributed by atoms with Gasteiger partial charge in [-0.25, -0.2) is 0 Å². The minimum atomic E-state index is -0.574. The molecule has 1 aromatic carbocycles. The molecule has 0 radical (unpaired) electrons. The minimum Gasteiger partial charge on any atom is -0.504 e. The molecule has 1 atom stereocenters. The summed E-state index contributed by atoms with van der Waals surface area (Å²) in [6.07, 6.45) is 0. The third kappa shape index (κ3) is 2.51. The van der Waals surface area contributed by atoms with Crippen molar-refractivity contribution in [1.82, 2.24) is 0 Å². The Kier molecular flexibility index (Phi) is 5.30. The van der Waals surface area contributed by atoms with Crippen LogP contribution in [0.5, 0.6) is 11.5 Å². The van der Waals surface area contributed by atoms with Gasteiger partial charge in [-0.15, -0.1) is 12.4 Å². The number of phenolic OH excluding ortho intramolecular Hbond substituents is 1. The molecule has 4 N–H and O–H groups in total. The van der Waals surface area contributed by atoms with Crippen molar-refractivity contribution in [3.05, 3.63) is 23.8 Å². The van der Waals surface area contributed by atoms with Crippen LogP contribution < -0.4 is 10.5 Å². The molecule has 0 aliphatic carbocycles. The zero-order chi connectivity index (χ0) is 9.84. The molecule has 0 aromatic heterocycles. The van der Waals surface area contributed by atoms with Gasteiger partial charge < -0.3 is 20.7 Å². The van der Waals surface area contributed by atoms with Crippen molar-refractivity contribution >= 4 is 12.4 Å². The van der Waals surface area contributed by atoms with Gasteiger partial charge in [-0.1, -0.05) is 12.1 Å². The molecular weight excluding hydrogens is 206 g/mol. The molecule has 0 aliphatic heterocycles. The molecule has 1 aromatic rings. The van der Waals surface area contributed by atoms with Gasteiger partial charge >= 0.3 is 0 Å². The highest BCUT2D eigenvalue weighted by Gasteiger charge is 2.12. The van der Waals surface area contributed by atoms with E-state index < -0.39 is 6.04 Å². The van der Waals surface area contributed by atoms with Crippen molar-refractivity contribution in [2.24, 2.45) is 5.73 Å². The van der Waals surface area contributed by atoms with Crippen LogP contribution in [0.15, 0.2) is 18.2 Å². The molecule has 0 spiro atoms. The number of ether oxygens (including phenoxy) is 1. The van der Waals surface area contributed by atoms with Gasteiger partial charge in [0, 0.05) is 5.56 Å². The molecule has 0 saturated heterocycles. The van der Waals surface area contributed by atoms with E-state index in [-0.39, 0.29) is 24.8 Å². The zero-order valence-corrected chi connectivity index (χ0v) is 8.62. The number of halogens is 1. The number of phenols is 1. The SMILES string of the molecule is COc1cccc([C@@H](N)CO)c1O.Cl. The van der Waals surface area contributed by atoms with Gasteiger partial charge in [-0.2, -0.15) is 0 Å². The van der Waals surface area contributed by atoms with E-state index in [1.165, 1.54) is 7.11 Å². The molecule has 0 amide bonds. The van der Waals surface area contributed by atoms with E-state index in [0.29, 0.717) is 11.3 Å². The summed E-state index contributed by atoms with van der Waals surface area (Å²) in [5, 5.41) is 18.4. The van der Waals surface area contributed by atoms with Crippen LogP contribution in [-0.4, -0.2) is 23.9 Å². The van der Waals surface area contributed by atoms with E-state index in [1.807, 2.05) is 0 Å². The highest BCUT2D eigenvalue weighted by atomic mass is 35.5. The standard InChI is InChI=1S/C9H13NO3.ClH/c1-13-8-4-2-3-6(9(8)12)7(10)5-11;/h2-4,7,11-12H,5,10H2,1H3;1H/t7-;/m0./s1. The molecule has 0 fully saturated rings. The maximum absolute atomic E-state index is 9.57. The first-order valence-corrected chi connectivity index (χ1v) is 3.93. The topological polar surface area (TPSA) is 75.7 Å². The lowest BCUT2D eigenvalue weighted by molar-refractivity contribution is 0.264. The third-order valence-electron chi connectivity index (χ3n) is 1.85. The number of nitrogens with two attached hydrogens (primary N) is 1. The number of para-hydroxylation sites is 1. The van der Waals surface area contributed by atoms with Crippen LogP contribution >= 0.6 is 12.4 Å². The van der Waals surface area contributed by atoms with Crippen LogP contribution in [0.4, 0.5) is 0 Å². The lowest BCUT2D eigenvalue weighted by Gasteiger charge is -2.12. The Labute approximate surface area is 88.7 Å². The van der Waals surface area contributed by atoms with Gasteiger partial charge in [0.05, 0.1) is 19.8 Å². The maximum Gasteiger partial charge on any atom is 0.162 e. The van der Waals surface area contributed by atoms with Crippen molar-refractivity contribution in [3.63, 3.8) is 0 Å². The smallest absolute Gasteiger partial charge is 0.162 e. The zero-order valence-electron chi connectivity index (χ0n) is 7.80. The number of methoxy groups -OCH3 is 1. The average molecular weight is 220 g/mol. The van der Waals surface area contributed by atoms with Crippen molar-refractivity contribution < 1.29 is 14.9 Å². The highest BCUT2D eigenvalue weighted by molar-refractivity contribution is 5.85. The van der Waals surface area contributed by atoms with Crippen LogP contribution in [0.1, 0.15) is 11.6 Å². The number of aromatic hydroxyl groups is 1. The largest absolute Gasteiger partial charge is 0.504 e. The third-order valence-corrected chi connectivity index (χ3v) is 1.85. The average Bonchev–Trinajstić information content (AvgIpc) is 2.17. The number of aliphatic hydroxyl groups excluding tert-OH is 1. The molecule has 0 saturated carbocycles. The number of hydrogen-bond donors (Lipinski definition) is 3. The van der Waals surface area contributed by atoms with Gasteiger partial charge in [0.2, 0.25) is 0 Å². The van der Waals surface area contributed by atoms with Crippen LogP contribution in [0.3, 0.4) is 0 Å². The van der Waals surface area contributed by atoms with Gasteiger partial charge in [-0.3, -0.25) is 0 Å². The van der Waals surface area contributed by atoms with E-state index in [1.54, 1.807) is 18.2 Å². The molecule has 4 nitrogen and oxygen atoms in total. The molecule has 0 aliphatic rings. The molecule has 14 heavy (non-hydrogen) atoms. The molecule has 0 bridgehead atoms. The Morgan fingerprint density at radius 2 is 2.14 bits per heavy atom. The second-order valence-electron chi connectivity index (χ2n) is 2.69. The lowest BCUT2D eigenvalue weighted by Crippen LogP contribution is -2.14. The van der Waals surface area contributed by atoms with E-state index in [0.717, 1.165) is 0 Å². The fourth-order valence-corrected chi connectivity index (χ4v) is 1.10. The summed E-state index contributed by atoms with van der Waals surface area (Å²) in [4.78, 5) is 0. The molecule has 0 heterocycles. The van der Waals surface area contributed by atoms with E-state index in [9.17, 15) is 5.11 Å². The van der Waals surface area contributed by atoms with Crippen LogP contribution in [0.25, 0.3) is 0 Å². The Morgan fingerprint density at radius 1 is 1.50 bits per heavy atom. The Morgan fingerprint density at radius 3 is 2.64 bits per heavy atom. The van der Waals surface area contributed by atoms with Gasteiger partial charge in [0.15, 0.2) is 11.5 Å². The second kappa shape index (κ2) is 5.70. The molecule has 80 valence electrons. The lowest BCUT2D eigenvalue weighted by atomic mass is 10.1. The maximum atomic E-state index is 9.57. The Balaban J connectivity index is 0.00000169. The predicted octanol–water partition coefficient (Wildman–Crippen LogP) is 0.815. The quantitative estimate of drug-likeness (QED) is 0.704. The van der Waals surface area contributed by atoms with Crippen molar-refractivity contribution in [2.45, 2.75) is 6.04 Å². The first-order chi connectivity index (χ1) is 6.20. The van der Waals surface area contributed by atoms with E-state index >= 15 is 0 Å². The summed E-state index contributed by atoms with van der Waals surface area (Å²) in [6, 6.07) is 4.42. The number of aliphatic hydroxyl groups is 1. The number of rotatable bonds is 3. The number of hydrogen-bond acceptors (Lipinski definition) is 4. The predicted molar refractivity (Wildman–Crippen MR) is 55.9 cm³/mol. The van der Waals surface area contributed by atoms with E-state index in [4.69, 9.17) is 15.6 Å². The first kappa shape index (κ1) is 13.0. The van der Waals surface area contributed by atoms with Gasteiger partial charge in [-0.05, 0) is 6.07 Å². The van der Waals surface area contributed by atoms with Gasteiger partial charge in [0.1, 0.15) is 0 Å². The van der Waals surface area contributed by atoms with Crippen LogP contribution in [0.2, 0.25) is 0 Å². The fraction of sp³-hybridized carbons (Fsp3) is 0.333. The summed E-state index contributed by atoms with van der Waals surface area (Å²) in [5.41, 5.74) is 6.04. The monoisotopic (exact) mass is 219 g/mol. The highest BCUT2D eigenvalue weighted by Crippen LogP contribution is 2.32. The van der Waals surface area contributed by atoms with Gasteiger partial charge in [0.25, 0.3) is 0 Å². The van der Waals surface area contributed by atoms with E-state index in [2.05, 4.69) is 0 Å². The summed E-state index contributed by atoms with van der Waals surface area (Å²) < 4.78 is 4.89. The normalized spacial score (nSPS) is 11.6. The Hall–Kier alpha value is -0.970. The minimum absolute atomic E-state index is 0. The van der Waals surface area contributed by atoms with Crippen LogP contribution in [0, 0.1) is 0 Å². The fourth-order valence-electron chi connectivity index (χ4n) is 1.10. The molecular formula is C9H14ClNO3. The van der Waals surface area contributed by atoms with Crippen molar-refractivity contribution in [2.75, 3.05) is 13.7 Å². The number of benzene rings is 1. The molecule has 5 heteroatoms. The second-order valence-corrected chi connectivity index (χ2v) is 2.69. The first-order valence-electron chi connectivity index (χ1n) is 3.93. The molecule has 0 unspecified atom stereocenters. The van der Waals surface area contributed by atoms with Crippen molar-refractivity contribution in [1.29, 1.82) is 0 Å². The van der Waals surface area contributed by atoms with Crippen molar-refractivity contribution in [3.8, 4) is 11.5 Å². The summed E-state index contributed by atoms with van der Waals surface area (Å²) in [6.45, 7) is -0.208. The Bertz CT molecular complexity index is 293. The summed E-state index contributed by atoms with van der Waals surface area (Å²) >= 11 is 0. The summed E-state index contributed by atoms with van der Waals surface area (Å²) in [7, 11) is 1.46. The molecule has 1 rings (SSSR count).